The molecule has 0 aliphatic carbocycles. The fraction of sp³-hybridized carbons (Fsp3) is 0.206. The van der Waals surface area contributed by atoms with Crippen LogP contribution in [0.4, 0.5) is 0 Å². The van der Waals surface area contributed by atoms with E-state index in [0.29, 0.717) is 40.4 Å². The van der Waals surface area contributed by atoms with E-state index in [1.807, 2.05) is 73.7 Å². The van der Waals surface area contributed by atoms with Gasteiger partial charge in [0.2, 0.25) is 0 Å². The van der Waals surface area contributed by atoms with Gasteiger partial charge in [-0.25, -0.2) is 4.98 Å². The standard InChI is InChI=1S/C34H31Br2N3O4/c1-20(2)26-17-27(21(3)15-31(26)42-5)33-38-29-11-7-6-10-25(29)34(40)39(33)37-18-22-9-8-12-30(41-4)32(22)43-19-23-13-14-24(35)16-28(23)36/h6-18,20H,19H2,1-5H3. The van der Waals surface area contributed by atoms with Gasteiger partial charge in [-0.2, -0.15) is 9.78 Å². The number of halogens is 2. The van der Waals surface area contributed by atoms with Crippen molar-refractivity contribution in [3.8, 4) is 28.6 Å². The first-order valence-electron chi connectivity index (χ1n) is 13.7. The van der Waals surface area contributed by atoms with Crippen LogP contribution >= 0.6 is 31.9 Å². The van der Waals surface area contributed by atoms with E-state index in [9.17, 15) is 4.79 Å². The van der Waals surface area contributed by atoms with E-state index in [2.05, 4.69) is 45.7 Å². The molecule has 0 radical (unpaired) electrons. The lowest BCUT2D eigenvalue weighted by atomic mass is 9.96. The maximum Gasteiger partial charge on any atom is 0.282 e. The number of ether oxygens (including phenoxy) is 3. The number of aromatic nitrogens is 2. The smallest absolute Gasteiger partial charge is 0.282 e. The number of rotatable bonds is 9. The van der Waals surface area contributed by atoms with Crippen molar-refractivity contribution < 1.29 is 14.2 Å². The van der Waals surface area contributed by atoms with E-state index in [-0.39, 0.29) is 11.5 Å². The molecule has 0 aliphatic rings. The summed E-state index contributed by atoms with van der Waals surface area (Å²) in [5.74, 6) is 2.49. The monoisotopic (exact) mass is 703 g/mol. The minimum absolute atomic E-state index is 0.195. The SMILES string of the molecule is COc1cc(C)c(-c2nc3ccccc3c(=O)n2N=Cc2cccc(OC)c2OCc2ccc(Br)cc2Br)cc1C(C)C. The molecule has 4 aromatic carbocycles. The van der Waals surface area contributed by atoms with Crippen molar-refractivity contribution in [3.63, 3.8) is 0 Å². The second kappa shape index (κ2) is 13.1. The largest absolute Gasteiger partial charge is 0.496 e. The van der Waals surface area contributed by atoms with Crippen LogP contribution in [0.25, 0.3) is 22.3 Å². The molecule has 9 heteroatoms. The first-order valence-corrected chi connectivity index (χ1v) is 15.3. The lowest BCUT2D eigenvalue weighted by Gasteiger charge is -2.17. The molecule has 0 fully saturated rings. The molecule has 5 rings (SSSR count). The maximum absolute atomic E-state index is 13.9. The molecule has 0 atom stereocenters. The molecule has 0 unspecified atom stereocenters. The molecule has 0 N–H and O–H groups in total. The van der Waals surface area contributed by atoms with Gasteiger partial charge in [-0.3, -0.25) is 4.79 Å². The summed E-state index contributed by atoms with van der Waals surface area (Å²) < 4.78 is 20.8. The predicted molar refractivity (Wildman–Crippen MR) is 179 cm³/mol. The van der Waals surface area contributed by atoms with Crippen LogP contribution in [0.15, 0.2) is 91.6 Å². The Morgan fingerprint density at radius 1 is 0.953 bits per heavy atom. The average molecular weight is 705 g/mol. The number of benzene rings is 4. The third-order valence-electron chi connectivity index (χ3n) is 7.12. The highest BCUT2D eigenvalue weighted by Crippen LogP contribution is 2.35. The van der Waals surface area contributed by atoms with Crippen LogP contribution in [0.1, 0.15) is 42.0 Å². The maximum atomic E-state index is 13.9. The highest BCUT2D eigenvalue weighted by Gasteiger charge is 2.19. The van der Waals surface area contributed by atoms with Crippen LogP contribution < -0.4 is 19.8 Å². The van der Waals surface area contributed by atoms with E-state index in [4.69, 9.17) is 24.3 Å². The predicted octanol–water partition coefficient (Wildman–Crippen LogP) is 8.50. The third kappa shape index (κ3) is 6.38. The van der Waals surface area contributed by atoms with Crippen LogP contribution in [0.2, 0.25) is 0 Å². The van der Waals surface area contributed by atoms with E-state index in [0.717, 1.165) is 36.9 Å². The van der Waals surface area contributed by atoms with E-state index < -0.39 is 0 Å². The van der Waals surface area contributed by atoms with Gasteiger partial charge in [-0.15, -0.1) is 0 Å². The molecular formula is C34H31Br2N3O4. The summed E-state index contributed by atoms with van der Waals surface area (Å²) in [4.78, 5) is 18.8. The summed E-state index contributed by atoms with van der Waals surface area (Å²) in [6.07, 6.45) is 1.61. The highest BCUT2D eigenvalue weighted by atomic mass is 79.9. The molecule has 5 aromatic rings. The van der Waals surface area contributed by atoms with Crippen molar-refractivity contribution >= 4 is 49.0 Å². The Labute approximate surface area is 267 Å². The van der Waals surface area contributed by atoms with Crippen LogP contribution in [-0.4, -0.2) is 30.1 Å². The zero-order valence-electron chi connectivity index (χ0n) is 24.5. The van der Waals surface area contributed by atoms with Crippen molar-refractivity contribution in [3.05, 3.63) is 114 Å². The fourth-order valence-electron chi connectivity index (χ4n) is 4.83. The molecule has 1 heterocycles. The lowest BCUT2D eigenvalue weighted by Crippen LogP contribution is -2.21. The van der Waals surface area contributed by atoms with Crippen LogP contribution in [0.3, 0.4) is 0 Å². The third-order valence-corrected chi connectivity index (χ3v) is 8.35. The first-order chi connectivity index (χ1) is 20.7. The normalized spacial score (nSPS) is 11.4. The van der Waals surface area contributed by atoms with Crippen molar-refractivity contribution in [1.29, 1.82) is 0 Å². The summed E-state index contributed by atoms with van der Waals surface area (Å²) in [6, 6.07) is 22.8. The number of aryl methyl sites for hydroxylation is 1. The quantitative estimate of drug-likeness (QED) is 0.144. The van der Waals surface area contributed by atoms with Crippen molar-refractivity contribution in [1.82, 2.24) is 9.66 Å². The van der Waals surface area contributed by atoms with Crippen LogP contribution in [0, 0.1) is 6.92 Å². The summed E-state index contributed by atoms with van der Waals surface area (Å²) in [5.41, 5.74) is 4.66. The molecular weight excluding hydrogens is 674 g/mol. The average Bonchev–Trinajstić information content (AvgIpc) is 3.00. The Kier molecular flexibility index (Phi) is 9.32. The molecule has 43 heavy (non-hydrogen) atoms. The summed E-state index contributed by atoms with van der Waals surface area (Å²) in [5, 5.41) is 5.19. The number of hydrogen-bond donors (Lipinski definition) is 0. The number of nitrogens with zero attached hydrogens (tertiary/aromatic N) is 3. The Morgan fingerprint density at radius 2 is 1.72 bits per heavy atom. The number of hydrogen-bond acceptors (Lipinski definition) is 6. The minimum atomic E-state index is -0.276. The molecule has 7 nitrogen and oxygen atoms in total. The fourth-order valence-corrected chi connectivity index (χ4v) is 5.99. The van der Waals surface area contributed by atoms with Crippen LogP contribution in [0.5, 0.6) is 17.2 Å². The molecule has 0 saturated carbocycles. The number of para-hydroxylation sites is 2. The van der Waals surface area contributed by atoms with Crippen molar-refractivity contribution in [2.24, 2.45) is 5.10 Å². The minimum Gasteiger partial charge on any atom is -0.496 e. The molecule has 220 valence electrons. The molecule has 0 aliphatic heterocycles. The Morgan fingerprint density at radius 3 is 2.44 bits per heavy atom. The second-order valence-corrected chi connectivity index (χ2v) is 12.1. The van der Waals surface area contributed by atoms with Crippen molar-refractivity contribution in [2.75, 3.05) is 14.2 Å². The number of fused-ring (bicyclic) bond motifs is 1. The van der Waals surface area contributed by atoms with Gasteiger partial charge in [0.25, 0.3) is 5.56 Å². The van der Waals surface area contributed by atoms with Gasteiger partial charge in [0, 0.05) is 25.6 Å². The van der Waals surface area contributed by atoms with Gasteiger partial charge in [-0.05, 0) is 72.5 Å². The second-order valence-electron chi connectivity index (χ2n) is 10.3. The molecule has 0 spiro atoms. The van der Waals surface area contributed by atoms with Gasteiger partial charge < -0.3 is 14.2 Å². The van der Waals surface area contributed by atoms with Gasteiger partial charge in [0.05, 0.1) is 31.3 Å². The van der Waals surface area contributed by atoms with Crippen LogP contribution in [-0.2, 0) is 6.61 Å². The first kappa shape index (κ1) is 30.5. The lowest BCUT2D eigenvalue weighted by molar-refractivity contribution is 0.283. The summed E-state index contributed by atoms with van der Waals surface area (Å²) in [7, 11) is 3.26. The highest BCUT2D eigenvalue weighted by molar-refractivity contribution is 9.11. The van der Waals surface area contributed by atoms with Gasteiger partial charge in [-0.1, -0.05) is 70.0 Å². The molecule has 0 saturated heterocycles. The van der Waals surface area contributed by atoms with E-state index in [1.54, 1.807) is 26.5 Å². The number of methoxy groups -OCH3 is 2. The van der Waals surface area contributed by atoms with E-state index >= 15 is 0 Å². The van der Waals surface area contributed by atoms with Gasteiger partial charge >= 0.3 is 0 Å². The zero-order chi connectivity index (χ0) is 30.7. The summed E-state index contributed by atoms with van der Waals surface area (Å²) >= 11 is 7.09. The topological polar surface area (TPSA) is 74.9 Å². The molecule has 0 bridgehead atoms. The Hall–Kier alpha value is -3.95. The molecule has 1 aromatic heterocycles. The zero-order valence-corrected chi connectivity index (χ0v) is 27.7. The summed E-state index contributed by atoms with van der Waals surface area (Å²) in [6.45, 7) is 6.48. The molecule has 0 amide bonds. The Bertz CT molecular complexity index is 1900. The van der Waals surface area contributed by atoms with Gasteiger partial charge in [0.15, 0.2) is 17.3 Å². The van der Waals surface area contributed by atoms with Crippen molar-refractivity contribution in [2.45, 2.75) is 33.3 Å². The Balaban J connectivity index is 1.65. The van der Waals surface area contributed by atoms with E-state index in [1.165, 1.54) is 4.68 Å². The van der Waals surface area contributed by atoms with Gasteiger partial charge in [0.1, 0.15) is 12.4 Å².